The lowest BCUT2D eigenvalue weighted by atomic mass is 10.2. The van der Waals surface area contributed by atoms with Crippen molar-refractivity contribution in [2.24, 2.45) is 5.92 Å². The fourth-order valence-electron chi connectivity index (χ4n) is 1.70. The van der Waals surface area contributed by atoms with Crippen LogP contribution in [0.1, 0.15) is 19.4 Å². The molecule has 124 valence electrons. The van der Waals surface area contributed by atoms with Crippen LogP contribution in [0, 0.1) is 12.8 Å². The van der Waals surface area contributed by atoms with Crippen molar-refractivity contribution in [1.29, 1.82) is 0 Å². The Bertz CT molecular complexity index is 672. The molecular weight excluding hydrogens is 316 g/mol. The Balaban J connectivity index is 2.04. The highest BCUT2D eigenvalue weighted by Crippen LogP contribution is 2.26. The quantitative estimate of drug-likeness (QED) is 0.843. The van der Waals surface area contributed by atoms with Gasteiger partial charge in [-0.1, -0.05) is 19.9 Å². The molecule has 0 atom stereocenters. The van der Waals surface area contributed by atoms with E-state index in [2.05, 4.69) is 33.8 Å². The van der Waals surface area contributed by atoms with E-state index in [0.717, 1.165) is 17.1 Å². The van der Waals surface area contributed by atoms with E-state index in [-0.39, 0.29) is 6.01 Å². The lowest BCUT2D eigenvalue weighted by molar-refractivity contribution is 0.260. The molecule has 0 bridgehead atoms. The van der Waals surface area contributed by atoms with Crippen LogP contribution < -0.4 is 20.1 Å². The number of rotatable bonds is 6. The summed E-state index contributed by atoms with van der Waals surface area (Å²) in [5.74, 6) is 1.04. The summed E-state index contributed by atoms with van der Waals surface area (Å²) < 4.78 is 14.6. The highest BCUT2D eigenvalue weighted by molar-refractivity contribution is 7.10. The molecule has 0 saturated heterocycles. The standard InChI is InChI=1S/C15H20N4O3S/c1-9(2)8-22-12-7-10(3)5-6-11(12)16-13(20)17-15-18-14(21-4)19-23-15/h5-7,9H,8H2,1-4H3,(H2,16,17,18,19,20). The third-order valence-electron chi connectivity index (χ3n) is 2.77. The van der Waals surface area contributed by atoms with Gasteiger partial charge < -0.3 is 14.8 Å². The third-order valence-corrected chi connectivity index (χ3v) is 3.38. The van der Waals surface area contributed by atoms with Crippen LogP contribution in [0.5, 0.6) is 11.8 Å². The summed E-state index contributed by atoms with van der Waals surface area (Å²) in [7, 11) is 1.47. The van der Waals surface area contributed by atoms with Crippen LogP contribution in [0.4, 0.5) is 15.6 Å². The number of anilines is 2. The minimum atomic E-state index is -0.415. The monoisotopic (exact) mass is 336 g/mol. The molecule has 0 aliphatic heterocycles. The maximum Gasteiger partial charge on any atom is 0.329 e. The van der Waals surface area contributed by atoms with Gasteiger partial charge in [-0.15, -0.1) is 4.37 Å². The van der Waals surface area contributed by atoms with E-state index in [4.69, 9.17) is 9.47 Å². The Morgan fingerprint density at radius 2 is 2.13 bits per heavy atom. The first-order valence-corrected chi connectivity index (χ1v) is 7.94. The molecular formula is C15H20N4O3S. The normalized spacial score (nSPS) is 10.5. The lowest BCUT2D eigenvalue weighted by Gasteiger charge is -2.14. The Hall–Kier alpha value is -2.35. The summed E-state index contributed by atoms with van der Waals surface area (Å²) in [6.45, 7) is 6.68. The molecule has 0 aliphatic rings. The number of nitrogens with one attached hydrogen (secondary N) is 2. The van der Waals surface area contributed by atoms with Gasteiger partial charge in [-0.25, -0.2) is 4.79 Å². The zero-order valence-electron chi connectivity index (χ0n) is 13.5. The van der Waals surface area contributed by atoms with Crippen molar-refractivity contribution in [2.75, 3.05) is 24.4 Å². The Kier molecular flexibility index (Phi) is 5.75. The average Bonchev–Trinajstić information content (AvgIpc) is 2.94. The maximum atomic E-state index is 12.1. The first-order chi connectivity index (χ1) is 11.0. The third kappa shape index (κ3) is 5.10. The second kappa shape index (κ2) is 7.77. The maximum absolute atomic E-state index is 12.1. The molecule has 2 rings (SSSR count). The van der Waals surface area contributed by atoms with Gasteiger partial charge in [-0.2, -0.15) is 4.98 Å². The Morgan fingerprint density at radius 1 is 1.35 bits per heavy atom. The van der Waals surface area contributed by atoms with E-state index in [1.165, 1.54) is 7.11 Å². The van der Waals surface area contributed by atoms with Gasteiger partial charge in [-0.05, 0) is 30.5 Å². The molecule has 7 nitrogen and oxygen atoms in total. The van der Waals surface area contributed by atoms with Gasteiger partial charge in [0.25, 0.3) is 0 Å². The Morgan fingerprint density at radius 3 is 2.78 bits per heavy atom. The molecule has 1 aromatic heterocycles. The second-order valence-electron chi connectivity index (χ2n) is 5.37. The van der Waals surface area contributed by atoms with E-state index in [9.17, 15) is 4.79 Å². The summed E-state index contributed by atoms with van der Waals surface area (Å²) in [6.07, 6.45) is 0. The minimum absolute atomic E-state index is 0.224. The van der Waals surface area contributed by atoms with Gasteiger partial charge in [0.2, 0.25) is 5.13 Å². The van der Waals surface area contributed by atoms with Crippen molar-refractivity contribution in [2.45, 2.75) is 20.8 Å². The number of ether oxygens (including phenoxy) is 2. The number of carbonyl (C=O) groups excluding carboxylic acids is 1. The highest BCUT2D eigenvalue weighted by Gasteiger charge is 2.12. The molecule has 8 heteroatoms. The van der Waals surface area contributed by atoms with E-state index in [0.29, 0.717) is 29.1 Å². The molecule has 1 aromatic carbocycles. The largest absolute Gasteiger partial charge is 0.491 e. The van der Waals surface area contributed by atoms with Gasteiger partial charge in [-0.3, -0.25) is 5.32 Å². The molecule has 0 fully saturated rings. The van der Waals surface area contributed by atoms with Crippen molar-refractivity contribution in [3.05, 3.63) is 23.8 Å². The molecule has 2 N–H and O–H groups in total. The molecule has 2 amide bonds. The predicted molar refractivity (Wildman–Crippen MR) is 90.6 cm³/mol. The van der Waals surface area contributed by atoms with Gasteiger partial charge in [0.05, 0.1) is 19.4 Å². The fraction of sp³-hybridized carbons (Fsp3) is 0.400. The molecule has 23 heavy (non-hydrogen) atoms. The second-order valence-corrected chi connectivity index (χ2v) is 6.12. The predicted octanol–water partition coefficient (Wildman–Crippen LogP) is 3.53. The summed E-state index contributed by atoms with van der Waals surface area (Å²) in [6, 6.07) is 5.42. The van der Waals surface area contributed by atoms with Crippen molar-refractivity contribution in [1.82, 2.24) is 9.36 Å². The van der Waals surface area contributed by atoms with Crippen LogP contribution >= 0.6 is 11.5 Å². The SMILES string of the molecule is COc1nsc(NC(=O)Nc2ccc(C)cc2OCC(C)C)n1. The zero-order chi connectivity index (χ0) is 16.8. The molecule has 2 aromatic rings. The van der Waals surface area contributed by atoms with Gasteiger partial charge >= 0.3 is 12.0 Å². The summed E-state index contributed by atoms with van der Waals surface area (Å²) in [4.78, 5) is 16.1. The summed E-state index contributed by atoms with van der Waals surface area (Å²) >= 11 is 1.04. The number of urea groups is 1. The summed E-state index contributed by atoms with van der Waals surface area (Å²) in [5.41, 5.74) is 1.66. The first-order valence-electron chi connectivity index (χ1n) is 7.17. The molecule has 1 heterocycles. The number of hydrogen-bond donors (Lipinski definition) is 2. The highest BCUT2D eigenvalue weighted by atomic mass is 32.1. The number of methoxy groups -OCH3 is 1. The van der Waals surface area contributed by atoms with Crippen LogP contribution in [0.3, 0.4) is 0 Å². The van der Waals surface area contributed by atoms with Crippen molar-refractivity contribution in [3.8, 4) is 11.8 Å². The van der Waals surface area contributed by atoms with Crippen LogP contribution in [0.15, 0.2) is 18.2 Å². The first kappa shape index (κ1) is 17.0. The molecule has 0 unspecified atom stereocenters. The fourth-order valence-corrected chi connectivity index (χ4v) is 2.24. The molecule has 0 saturated carbocycles. The smallest absolute Gasteiger partial charge is 0.329 e. The number of amides is 2. The van der Waals surface area contributed by atoms with Crippen LogP contribution in [0.2, 0.25) is 0 Å². The number of benzene rings is 1. The van der Waals surface area contributed by atoms with Gasteiger partial charge in [0, 0.05) is 11.5 Å². The van der Waals surface area contributed by atoms with Crippen molar-refractivity contribution < 1.29 is 14.3 Å². The van der Waals surface area contributed by atoms with E-state index < -0.39 is 6.03 Å². The minimum Gasteiger partial charge on any atom is -0.491 e. The van der Waals surface area contributed by atoms with E-state index >= 15 is 0 Å². The molecule has 0 spiro atoms. The molecule has 0 aliphatic carbocycles. The van der Waals surface area contributed by atoms with E-state index in [1.807, 2.05) is 25.1 Å². The van der Waals surface area contributed by atoms with Crippen molar-refractivity contribution in [3.63, 3.8) is 0 Å². The van der Waals surface area contributed by atoms with Crippen molar-refractivity contribution >= 4 is 28.4 Å². The average molecular weight is 336 g/mol. The topological polar surface area (TPSA) is 85.4 Å². The van der Waals surface area contributed by atoms with Gasteiger partial charge in [0.15, 0.2) is 0 Å². The van der Waals surface area contributed by atoms with Crippen LogP contribution in [0.25, 0.3) is 0 Å². The number of aryl methyl sites for hydroxylation is 1. The number of hydrogen-bond acceptors (Lipinski definition) is 6. The van der Waals surface area contributed by atoms with Crippen LogP contribution in [-0.2, 0) is 0 Å². The molecule has 0 radical (unpaired) electrons. The Labute approximate surface area is 139 Å². The number of carbonyl (C=O) groups is 1. The lowest BCUT2D eigenvalue weighted by Crippen LogP contribution is -2.20. The zero-order valence-corrected chi connectivity index (χ0v) is 14.4. The summed E-state index contributed by atoms with van der Waals surface area (Å²) in [5, 5.41) is 5.73. The van der Waals surface area contributed by atoms with E-state index in [1.54, 1.807) is 0 Å². The van der Waals surface area contributed by atoms with Gasteiger partial charge in [0.1, 0.15) is 5.75 Å². The number of aromatic nitrogens is 2. The van der Waals surface area contributed by atoms with Crippen LogP contribution in [-0.4, -0.2) is 29.1 Å². The number of nitrogens with zero attached hydrogens (tertiary/aromatic N) is 2.